The standard InChI is InChI=1S/C21H26N4O/c26-20(14-24-10-7-15-3-1-2-4-17(15)13-24)25-11-8-18-19(9-12-25)22-23-21(18)16-5-6-16/h1-4,16H,5-14H2,(H,22,23). The van der Waals surface area contributed by atoms with Crippen LogP contribution in [-0.4, -0.2) is 52.1 Å². The van der Waals surface area contributed by atoms with Crippen molar-refractivity contribution in [1.82, 2.24) is 20.0 Å². The van der Waals surface area contributed by atoms with E-state index in [0.29, 0.717) is 12.5 Å². The van der Waals surface area contributed by atoms with Crippen LogP contribution in [0.5, 0.6) is 0 Å². The van der Waals surface area contributed by atoms with E-state index >= 15 is 0 Å². The van der Waals surface area contributed by atoms with Crippen LogP contribution < -0.4 is 0 Å². The molecule has 5 nitrogen and oxygen atoms in total. The highest BCUT2D eigenvalue weighted by Gasteiger charge is 2.32. The molecule has 5 heteroatoms. The third-order valence-electron chi connectivity index (χ3n) is 6.13. The largest absolute Gasteiger partial charge is 0.341 e. The minimum absolute atomic E-state index is 0.274. The number of amides is 1. The van der Waals surface area contributed by atoms with Crippen molar-refractivity contribution in [2.45, 2.75) is 44.6 Å². The lowest BCUT2D eigenvalue weighted by Gasteiger charge is -2.30. The van der Waals surface area contributed by atoms with Crippen LogP contribution in [0, 0.1) is 0 Å². The Labute approximate surface area is 154 Å². The Morgan fingerprint density at radius 2 is 1.88 bits per heavy atom. The molecule has 3 aliphatic rings. The molecule has 5 rings (SSSR count). The lowest BCUT2D eigenvalue weighted by Crippen LogP contribution is -2.43. The number of fused-ring (bicyclic) bond motifs is 2. The minimum Gasteiger partial charge on any atom is -0.341 e. The highest BCUT2D eigenvalue weighted by molar-refractivity contribution is 5.78. The van der Waals surface area contributed by atoms with E-state index in [4.69, 9.17) is 0 Å². The molecular formula is C21H26N4O. The first-order chi connectivity index (χ1) is 12.8. The molecule has 1 aromatic carbocycles. The second-order valence-electron chi connectivity index (χ2n) is 7.95. The smallest absolute Gasteiger partial charge is 0.236 e. The molecular weight excluding hydrogens is 324 g/mol. The van der Waals surface area contributed by atoms with Crippen LogP contribution in [0.4, 0.5) is 0 Å². The van der Waals surface area contributed by atoms with E-state index in [9.17, 15) is 4.79 Å². The van der Waals surface area contributed by atoms with Gasteiger partial charge in [-0.25, -0.2) is 0 Å². The van der Waals surface area contributed by atoms with Gasteiger partial charge in [-0.1, -0.05) is 24.3 Å². The first kappa shape index (κ1) is 16.1. The van der Waals surface area contributed by atoms with Crippen molar-refractivity contribution in [3.8, 4) is 0 Å². The molecule has 0 unspecified atom stereocenters. The second-order valence-corrected chi connectivity index (χ2v) is 7.95. The van der Waals surface area contributed by atoms with Gasteiger partial charge in [-0.05, 0) is 42.4 Å². The number of carbonyl (C=O) groups is 1. The molecule has 1 saturated carbocycles. The summed E-state index contributed by atoms with van der Waals surface area (Å²) in [6.45, 7) is 4.05. The zero-order valence-corrected chi connectivity index (χ0v) is 15.2. The fourth-order valence-electron chi connectivity index (χ4n) is 4.43. The van der Waals surface area contributed by atoms with E-state index in [2.05, 4.69) is 44.3 Å². The summed E-state index contributed by atoms with van der Waals surface area (Å²) in [5, 5.41) is 7.79. The van der Waals surface area contributed by atoms with E-state index in [0.717, 1.165) is 45.4 Å². The fourth-order valence-corrected chi connectivity index (χ4v) is 4.43. The van der Waals surface area contributed by atoms with Crippen LogP contribution in [0.15, 0.2) is 24.3 Å². The van der Waals surface area contributed by atoms with Gasteiger partial charge in [-0.2, -0.15) is 5.10 Å². The number of H-pyrrole nitrogens is 1. The van der Waals surface area contributed by atoms with E-state index in [1.54, 1.807) is 0 Å². The van der Waals surface area contributed by atoms with Crippen molar-refractivity contribution in [2.75, 3.05) is 26.2 Å². The SMILES string of the molecule is O=C(CN1CCc2ccccc2C1)N1CCc2[nH]nc(C3CC3)c2CC1. The van der Waals surface area contributed by atoms with Crippen LogP contribution in [-0.2, 0) is 30.6 Å². The highest BCUT2D eigenvalue weighted by Crippen LogP contribution is 2.41. The third-order valence-corrected chi connectivity index (χ3v) is 6.13. The third kappa shape index (κ3) is 3.05. The van der Waals surface area contributed by atoms with Crippen LogP contribution in [0.1, 0.15) is 46.8 Å². The molecule has 1 amide bonds. The van der Waals surface area contributed by atoms with Gasteiger partial charge in [0, 0.05) is 44.2 Å². The molecule has 2 aromatic rings. The number of nitrogens with zero attached hydrogens (tertiary/aromatic N) is 3. The Morgan fingerprint density at radius 3 is 2.73 bits per heavy atom. The maximum Gasteiger partial charge on any atom is 0.236 e. The number of aromatic amines is 1. The maximum absolute atomic E-state index is 12.9. The summed E-state index contributed by atoms with van der Waals surface area (Å²) in [6.07, 6.45) is 5.45. The number of hydrogen-bond acceptors (Lipinski definition) is 3. The number of carbonyl (C=O) groups excluding carboxylic acids is 1. The van der Waals surface area contributed by atoms with E-state index in [-0.39, 0.29) is 5.91 Å². The van der Waals surface area contributed by atoms with Gasteiger partial charge in [-0.3, -0.25) is 14.8 Å². The van der Waals surface area contributed by atoms with E-state index in [1.165, 1.54) is 40.9 Å². The molecule has 0 radical (unpaired) electrons. The molecule has 0 saturated heterocycles. The van der Waals surface area contributed by atoms with Crippen LogP contribution in [0.25, 0.3) is 0 Å². The van der Waals surface area contributed by atoms with Crippen LogP contribution >= 0.6 is 0 Å². The topological polar surface area (TPSA) is 52.2 Å². The van der Waals surface area contributed by atoms with Gasteiger partial charge in [0.25, 0.3) is 0 Å². The first-order valence-corrected chi connectivity index (χ1v) is 9.91. The van der Waals surface area contributed by atoms with Gasteiger partial charge < -0.3 is 4.90 Å². The zero-order valence-electron chi connectivity index (χ0n) is 15.2. The zero-order chi connectivity index (χ0) is 17.5. The fraction of sp³-hybridized carbons (Fsp3) is 0.524. The normalized spacial score (nSPS) is 20.4. The summed E-state index contributed by atoms with van der Waals surface area (Å²) in [4.78, 5) is 17.3. The van der Waals surface area contributed by atoms with Crippen molar-refractivity contribution >= 4 is 5.91 Å². The van der Waals surface area contributed by atoms with Crippen molar-refractivity contribution < 1.29 is 4.79 Å². The summed E-state index contributed by atoms with van der Waals surface area (Å²) in [5.74, 6) is 0.945. The molecule has 2 aliphatic heterocycles. The predicted octanol–water partition coefficient (Wildman–Crippen LogP) is 2.27. The predicted molar refractivity (Wildman–Crippen MR) is 100.0 cm³/mol. The summed E-state index contributed by atoms with van der Waals surface area (Å²) in [5.41, 5.74) is 6.74. The summed E-state index contributed by atoms with van der Waals surface area (Å²) >= 11 is 0. The van der Waals surface area contributed by atoms with Crippen LogP contribution in [0.2, 0.25) is 0 Å². The van der Waals surface area contributed by atoms with Crippen LogP contribution in [0.3, 0.4) is 0 Å². The Balaban J connectivity index is 1.22. The molecule has 0 atom stereocenters. The molecule has 0 spiro atoms. The Kier molecular flexibility index (Phi) is 4.04. The summed E-state index contributed by atoms with van der Waals surface area (Å²) < 4.78 is 0. The van der Waals surface area contributed by atoms with Crippen molar-refractivity contribution in [3.05, 3.63) is 52.3 Å². The lowest BCUT2D eigenvalue weighted by molar-refractivity contribution is -0.132. The van der Waals surface area contributed by atoms with Crippen molar-refractivity contribution in [3.63, 3.8) is 0 Å². The molecule has 1 aromatic heterocycles. The molecule has 0 bridgehead atoms. The summed E-state index contributed by atoms with van der Waals surface area (Å²) in [6, 6.07) is 8.60. The summed E-state index contributed by atoms with van der Waals surface area (Å²) in [7, 11) is 0. The Bertz CT molecular complexity index is 823. The molecule has 26 heavy (non-hydrogen) atoms. The molecule has 136 valence electrons. The number of aromatic nitrogens is 2. The molecule has 1 aliphatic carbocycles. The Morgan fingerprint density at radius 1 is 1.08 bits per heavy atom. The number of nitrogens with one attached hydrogen (secondary N) is 1. The van der Waals surface area contributed by atoms with Gasteiger partial charge in [0.1, 0.15) is 0 Å². The second kappa shape index (κ2) is 6.54. The average molecular weight is 350 g/mol. The van der Waals surface area contributed by atoms with Crippen molar-refractivity contribution in [2.24, 2.45) is 0 Å². The highest BCUT2D eigenvalue weighted by atomic mass is 16.2. The average Bonchev–Trinajstić information content (AvgIpc) is 3.46. The van der Waals surface area contributed by atoms with Gasteiger partial charge in [-0.15, -0.1) is 0 Å². The maximum atomic E-state index is 12.9. The van der Waals surface area contributed by atoms with Gasteiger partial charge >= 0.3 is 0 Å². The van der Waals surface area contributed by atoms with Gasteiger partial charge in [0.2, 0.25) is 5.91 Å². The molecule has 1 fully saturated rings. The van der Waals surface area contributed by atoms with Gasteiger partial charge in [0.15, 0.2) is 0 Å². The quantitative estimate of drug-likeness (QED) is 0.924. The monoisotopic (exact) mass is 350 g/mol. The first-order valence-electron chi connectivity index (χ1n) is 9.91. The van der Waals surface area contributed by atoms with Crippen molar-refractivity contribution in [1.29, 1.82) is 0 Å². The number of rotatable bonds is 3. The van der Waals surface area contributed by atoms with Gasteiger partial charge in [0.05, 0.1) is 12.2 Å². The number of benzene rings is 1. The Hall–Kier alpha value is -2.14. The number of hydrogen-bond donors (Lipinski definition) is 1. The van der Waals surface area contributed by atoms with E-state index in [1.807, 2.05) is 0 Å². The molecule has 3 heterocycles. The van der Waals surface area contributed by atoms with E-state index < -0.39 is 0 Å². The minimum atomic E-state index is 0.274. The molecule has 1 N–H and O–H groups in total. The lowest BCUT2D eigenvalue weighted by atomic mass is 10.00.